The fraction of sp³-hybridized carbons (Fsp3) is 0.133. The number of hydrogen-bond acceptors (Lipinski definition) is 2. The van der Waals surface area contributed by atoms with Crippen molar-refractivity contribution in [1.82, 2.24) is 0 Å². The van der Waals surface area contributed by atoms with Gasteiger partial charge in [0.15, 0.2) is 0 Å². The average Bonchev–Trinajstić information content (AvgIpc) is 2.32. The monoisotopic (exact) mass is 225 g/mol. The topological polar surface area (TPSA) is 40.9 Å². The maximum Gasteiger partial charge on any atom is 0.231 e. The molecule has 0 amide bonds. The molecule has 2 aromatic carbocycles. The van der Waals surface area contributed by atoms with Crippen LogP contribution in [0, 0.1) is 19.3 Å². The predicted octanol–water partition coefficient (Wildman–Crippen LogP) is 3.87. The summed E-state index contributed by atoms with van der Waals surface area (Å²) >= 11 is 0. The fourth-order valence-corrected chi connectivity index (χ4v) is 1.49. The third-order valence-corrected chi connectivity index (χ3v) is 2.44. The molecule has 86 valence electrons. The zero-order valence-corrected chi connectivity index (χ0v) is 10.0. The van der Waals surface area contributed by atoms with Crippen LogP contribution in [0.3, 0.4) is 0 Å². The summed E-state index contributed by atoms with van der Waals surface area (Å²) in [6.07, 6.45) is 0.750. The first-order valence-electron chi connectivity index (χ1n) is 5.35. The van der Waals surface area contributed by atoms with Crippen LogP contribution in [0.4, 0.5) is 0 Å². The van der Waals surface area contributed by atoms with Crippen LogP contribution in [0.15, 0.2) is 48.5 Å². The summed E-state index contributed by atoms with van der Waals surface area (Å²) < 4.78 is 0. The second-order valence-corrected chi connectivity index (χ2v) is 3.83. The van der Waals surface area contributed by atoms with E-state index in [1.807, 2.05) is 0 Å². The van der Waals surface area contributed by atoms with E-state index in [0.717, 1.165) is 6.08 Å². The molecule has 0 saturated carbocycles. The molecule has 0 spiro atoms. The van der Waals surface area contributed by atoms with Crippen molar-refractivity contribution in [2.75, 3.05) is 0 Å². The summed E-state index contributed by atoms with van der Waals surface area (Å²) in [5.74, 6) is 0. The van der Waals surface area contributed by atoms with Gasteiger partial charge in [0.2, 0.25) is 6.08 Å². The smallest absolute Gasteiger partial charge is 0.222 e. The molecule has 0 aliphatic rings. The highest BCUT2D eigenvalue weighted by molar-refractivity contribution is 5.63. The molecule has 0 atom stereocenters. The van der Waals surface area contributed by atoms with E-state index in [1.165, 1.54) is 22.3 Å². The molecule has 0 aromatic heterocycles. The molecule has 2 nitrogen and oxygen atoms in total. The number of benzene rings is 2. The van der Waals surface area contributed by atoms with Crippen LogP contribution in [0.25, 0.3) is 11.1 Å². The largest absolute Gasteiger partial charge is 0.231 e. The lowest BCUT2D eigenvalue weighted by Crippen LogP contribution is -1.78. The van der Waals surface area contributed by atoms with Gasteiger partial charge in [-0.15, -0.1) is 0 Å². The van der Waals surface area contributed by atoms with Crippen molar-refractivity contribution in [1.29, 1.82) is 5.41 Å². The van der Waals surface area contributed by atoms with E-state index in [9.17, 15) is 0 Å². The minimum atomic E-state index is 0.750. The number of rotatable bonds is 1. The van der Waals surface area contributed by atoms with Gasteiger partial charge in [0.25, 0.3) is 0 Å². The Morgan fingerprint density at radius 1 is 0.765 bits per heavy atom. The maximum absolute atomic E-state index is 8.35. The Labute approximate surface area is 101 Å². The van der Waals surface area contributed by atoms with Crippen molar-refractivity contribution < 1.29 is 4.79 Å². The SMILES string of the molecule is Cc1ccc(-c2ccc(C)cc2)cc1.N=C=O. The number of carbonyl (C=O) groups excluding carboxylic acids is 1. The van der Waals surface area contributed by atoms with E-state index in [0.29, 0.717) is 0 Å². The van der Waals surface area contributed by atoms with E-state index in [2.05, 4.69) is 62.4 Å². The van der Waals surface area contributed by atoms with Crippen LogP contribution in [0.5, 0.6) is 0 Å². The van der Waals surface area contributed by atoms with Gasteiger partial charge in [0.1, 0.15) is 0 Å². The normalized spacial score (nSPS) is 8.82. The van der Waals surface area contributed by atoms with E-state index in [-0.39, 0.29) is 0 Å². The van der Waals surface area contributed by atoms with Crippen molar-refractivity contribution in [3.05, 3.63) is 59.7 Å². The first-order valence-corrected chi connectivity index (χ1v) is 5.35. The molecule has 2 aromatic rings. The quantitative estimate of drug-likeness (QED) is 0.581. The van der Waals surface area contributed by atoms with Gasteiger partial charge >= 0.3 is 0 Å². The molecule has 17 heavy (non-hydrogen) atoms. The first-order chi connectivity index (χ1) is 8.17. The van der Waals surface area contributed by atoms with E-state index in [4.69, 9.17) is 10.2 Å². The van der Waals surface area contributed by atoms with Crippen LogP contribution >= 0.6 is 0 Å². The molecule has 0 bridgehead atoms. The maximum atomic E-state index is 8.35. The Bertz CT molecular complexity index is 448. The summed E-state index contributed by atoms with van der Waals surface area (Å²) in [6.45, 7) is 4.22. The highest BCUT2D eigenvalue weighted by Crippen LogP contribution is 2.19. The summed E-state index contributed by atoms with van der Waals surface area (Å²) in [5, 5.41) is 5.40. The van der Waals surface area contributed by atoms with E-state index in [1.54, 1.807) is 0 Å². The van der Waals surface area contributed by atoms with Gasteiger partial charge in [0, 0.05) is 0 Å². The van der Waals surface area contributed by atoms with Gasteiger partial charge in [-0.1, -0.05) is 59.7 Å². The second-order valence-electron chi connectivity index (χ2n) is 3.83. The van der Waals surface area contributed by atoms with Gasteiger partial charge in [-0.05, 0) is 25.0 Å². The Balaban J connectivity index is 0.000000437. The Morgan fingerprint density at radius 2 is 1.00 bits per heavy atom. The van der Waals surface area contributed by atoms with Crippen molar-refractivity contribution in [3.8, 4) is 11.1 Å². The van der Waals surface area contributed by atoms with Crippen molar-refractivity contribution >= 4 is 6.08 Å². The lowest BCUT2D eigenvalue weighted by atomic mass is 10.0. The number of nitrogens with one attached hydrogen (secondary N) is 1. The minimum absolute atomic E-state index is 0.750. The van der Waals surface area contributed by atoms with Crippen LogP contribution in [-0.4, -0.2) is 6.08 Å². The highest BCUT2D eigenvalue weighted by atomic mass is 16.1. The molecule has 0 heterocycles. The molecule has 0 saturated heterocycles. The molecular formula is C15H15NO. The first kappa shape index (κ1) is 12.9. The molecule has 0 fully saturated rings. The Kier molecular flexibility index (Phi) is 4.86. The molecular weight excluding hydrogens is 210 g/mol. The summed E-state index contributed by atoms with van der Waals surface area (Å²) in [7, 11) is 0. The average molecular weight is 225 g/mol. The standard InChI is InChI=1S/C14H14.CHNO/c1-11-3-7-13(8-4-11)14-9-5-12(2)6-10-14;2-1-3/h3-10H,1-2H3;2H. The van der Waals surface area contributed by atoms with Crippen LogP contribution in [-0.2, 0) is 4.79 Å². The third-order valence-electron chi connectivity index (χ3n) is 2.44. The van der Waals surface area contributed by atoms with Crippen LogP contribution < -0.4 is 0 Å². The molecule has 2 rings (SSSR count). The lowest BCUT2D eigenvalue weighted by molar-refractivity contribution is 0.563. The predicted molar refractivity (Wildman–Crippen MR) is 69.8 cm³/mol. The molecule has 2 heteroatoms. The number of hydrogen-bond donors (Lipinski definition) is 1. The molecule has 1 N–H and O–H groups in total. The van der Waals surface area contributed by atoms with Crippen molar-refractivity contribution in [2.45, 2.75) is 13.8 Å². The fourth-order valence-electron chi connectivity index (χ4n) is 1.49. The van der Waals surface area contributed by atoms with Crippen LogP contribution in [0.1, 0.15) is 11.1 Å². The summed E-state index contributed by atoms with van der Waals surface area (Å²) in [4.78, 5) is 8.35. The minimum Gasteiger partial charge on any atom is -0.222 e. The van der Waals surface area contributed by atoms with Crippen molar-refractivity contribution in [2.24, 2.45) is 0 Å². The number of aryl methyl sites for hydroxylation is 2. The van der Waals surface area contributed by atoms with Gasteiger partial charge in [-0.3, -0.25) is 0 Å². The summed E-state index contributed by atoms with van der Waals surface area (Å²) in [5.41, 5.74) is 5.19. The Hall–Kier alpha value is -2.18. The Morgan fingerprint density at radius 3 is 1.24 bits per heavy atom. The highest BCUT2D eigenvalue weighted by Gasteiger charge is 1.95. The van der Waals surface area contributed by atoms with Crippen molar-refractivity contribution in [3.63, 3.8) is 0 Å². The van der Waals surface area contributed by atoms with E-state index < -0.39 is 0 Å². The van der Waals surface area contributed by atoms with Gasteiger partial charge < -0.3 is 0 Å². The van der Waals surface area contributed by atoms with E-state index >= 15 is 0 Å². The van der Waals surface area contributed by atoms with Crippen LogP contribution in [0.2, 0.25) is 0 Å². The zero-order chi connectivity index (χ0) is 12.7. The molecule has 0 aliphatic carbocycles. The van der Waals surface area contributed by atoms with Gasteiger partial charge in [-0.25, -0.2) is 10.2 Å². The van der Waals surface area contributed by atoms with Gasteiger partial charge in [-0.2, -0.15) is 0 Å². The lowest BCUT2D eigenvalue weighted by Gasteiger charge is -2.02. The number of isocyanates is 1. The second kappa shape index (κ2) is 6.41. The zero-order valence-electron chi connectivity index (χ0n) is 10.0. The third kappa shape index (κ3) is 4.06. The molecule has 0 unspecified atom stereocenters. The molecule has 0 aliphatic heterocycles. The van der Waals surface area contributed by atoms with Gasteiger partial charge in [0.05, 0.1) is 0 Å². The molecule has 0 radical (unpaired) electrons. The summed E-state index contributed by atoms with van der Waals surface area (Å²) in [6, 6.07) is 17.3.